The first kappa shape index (κ1) is 16.8. The van der Waals surface area contributed by atoms with E-state index in [2.05, 4.69) is 34.5 Å². The third-order valence-electron chi connectivity index (χ3n) is 4.39. The number of hydrogen-bond acceptors (Lipinski definition) is 2. The number of quaternary nitrogens is 1. The molecule has 126 valence electrons. The van der Waals surface area contributed by atoms with Crippen molar-refractivity contribution in [3.8, 4) is 0 Å². The Morgan fingerprint density at radius 1 is 1.08 bits per heavy atom. The van der Waals surface area contributed by atoms with E-state index in [0.717, 1.165) is 43.4 Å². The topological polar surface area (TPSA) is 36.8 Å². The Labute approximate surface area is 148 Å². The van der Waals surface area contributed by atoms with Crippen LogP contribution in [-0.4, -0.2) is 32.1 Å². The minimum Gasteiger partial charge on any atom is -0.360 e. The van der Waals surface area contributed by atoms with Gasteiger partial charge in [-0.05, 0) is 36.4 Å². The molecule has 0 aromatic heterocycles. The van der Waals surface area contributed by atoms with Crippen molar-refractivity contribution in [1.82, 2.24) is 0 Å². The van der Waals surface area contributed by atoms with E-state index in [0.29, 0.717) is 0 Å². The van der Waals surface area contributed by atoms with Gasteiger partial charge in [0, 0.05) is 28.9 Å². The zero-order chi connectivity index (χ0) is 16.9. The maximum Gasteiger partial charge on any atom is 0.221 e. The van der Waals surface area contributed by atoms with Crippen LogP contribution in [0.4, 0.5) is 11.4 Å². The SMILES string of the molecule is CC(=O)Nc1ccc(C[NH+]2CCN(c3ccc(Cl)cc3)CC2)cc1. The first-order valence-electron chi connectivity index (χ1n) is 8.31. The van der Waals surface area contributed by atoms with Gasteiger partial charge in [-0.2, -0.15) is 0 Å². The molecule has 0 aliphatic carbocycles. The number of anilines is 2. The van der Waals surface area contributed by atoms with Gasteiger partial charge >= 0.3 is 0 Å². The Bertz CT molecular complexity index is 677. The van der Waals surface area contributed by atoms with Gasteiger partial charge in [0.25, 0.3) is 0 Å². The van der Waals surface area contributed by atoms with Crippen LogP contribution in [0.15, 0.2) is 48.5 Å². The van der Waals surface area contributed by atoms with Crippen LogP contribution in [0.25, 0.3) is 0 Å². The molecule has 0 unspecified atom stereocenters. The molecule has 0 spiro atoms. The molecule has 0 radical (unpaired) electrons. The van der Waals surface area contributed by atoms with Crippen molar-refractivity contribution in [2.45, 2.75) is 13.5 Å². The lowest BCUT2D eigenvalue weighted by atomic mass is 10.1. The Morgan fingerprint density at radius 2 is 1.71 bits per heavy atom. The van der Waals surface area contributed by atoms with Crippen molar-refractivity contribution in [2.24, 2.45) is 0 Å². The highest BCUT2D eigenvalue weighted by atomic mass is 35.5. The maximum atomic E-state index is 11.1. The van der Waals surface area contributed by atoms with Crippen molar-refractivity contribution >= 4 is 28.9 Å². The number of carbonyl (C=O) groups excluding carboxylic acids is 1. The number of nitrogens with one attached hydrogen (secondary N) is 2. The largest absolute Gasteiger partial charge is 0.360 e. The van der Waals surface area contributed by atoms with Crippen LogP contribution in [0.5, 0.6) is 0 Å². The third kappa shape index (κ3) is 4.49. The Morgan fingerprint density at radius 3 is 2.29 bits per heavy atom. The van der Waals surface area contributed by atoms with Gasteiger partial charge in [-0.1, -0.05) is 23.7 Å². The number of benzene rings is 2. The second kappa shape index (κ2) is 7.69. The first-order valence-corrected chi connectivity index (χ1v) is 8.68. The van der Waals surface area contributed by atoms with Crippen LogP contribution in [0, 0.1) is 0 Å². The number of halogens is 1. The van der Waals surface area contributed by atoms with Gasteiger partial charge in [0.05, 0.1) is 26.2 Å². The van der Waals surface area contributed by atoms with Crippen LogP contribution in [-0.2, 0) is 11.3 Å². The summed E-state index contributed by atoms with van der Waals surface area (Å²) in [6.07, 6.45) is 0. The Balaban J connectivity index is 1.51. The molecule has 1 aliphatic heterocycles. The molecule has 1 amide bonds. The van der Waals surface area contributed by atoms with Crippen LogP contribution in [0.3, 0.4) is 0 Å². The quantitative estimate of drug-likeness (QED) is 0.892. The second-order valence-corrected chi connectivity index (χ2v) is 6.70. The summed E-state index contributed by atoms with van der Waals surface area (Å²) in [5.74, 6) is -0.0355. The van der Waals surface area contributed by atoms with Crippen LogP contribution in [0.2, 0.25) is 5.02 Å². The number of rotatable bonds is 4. The van der Waals surface area contributed by atoms with Gasteiger partial charge in [0.1, 0.15) is 6.54 Å². The predicted molar refractivity (Wildman–Crippen MR) is 98.8 cm³/mol. The molecule has 4 nitrogen and oxygen atoms in total. The van der Waals surface area contributed by atoms with Crippen LogP contribution < -0.4 is 15.1 Å². The van der Waals surface area contributed by atoms with Gasteiger partial charge in [-0.25, -0.2) is 0 Å². The van der Waals surface area contributed by atoms with E-state index < -0.39 is 0 Å². The minimum atomic E-state index is -0.0355. The molecule has 0 atom stereocenters. The van der Waals surface area contributed by atoms with E-state index in [4.69, 9.17) is 11.6 Å². The lowest BCUT2D eigenvalue weighted by Crippen LogP contribution is -3.13. The molecule has 3 rings (SSSR count). The highest BCUT2D eigenvalue weighted by Gasteiger charge is 2.20. The molecule has 0 saturated carbocycles. The van der Waals surface area contributed by atoms with E-state index >= 15 is 0 Å². The molecule has 0 bridgehead atoms. The Kier molecular flexibility index (Phi) is 5.38. The molecular weight excluding hydrogens is 322 g/mol. The average molecular weight is 345 g/mol. The smallest absolute Gasteiger partial charge is 0.221 e. The molecule has 2 aromatic rings. The molecule has 2 N–H and O–H groups in total. The summed E-state index contributed by atoms with van der Waals surface area (Å²) in [5, 5.41) is 3.58. The van der Waals surface area contributed by atoms with Gasteiger partial charge in [0.15, 0.2) is 0 Å². The molecular formula is C19H23ClN3O+. The second-order valence-electron chi connectivity index (χ2n) is 6.27. The van der Waals surface area contributed by atoms with Crippen LogP contribution >= 0.6 is 11.6 Å². The summed E-state index contributed by atoms with van der Waals surface area (Å²) in [6, 6.07) is 16.2. The third-order valence-corrected chi connectivity index (χ3v) is 4.64. The summed E-state index contributed by atoms with van der Waals surface area (Å²) in [5.41, 5.74) is 3.41. The molecule has 24 heavy (non-hydrogen) atoms. The molecule has 1 saturated heterocycles. The van der Waals surface area contributed by atoms with Crippen molar-refractivity contribution < 1.29 is 9.69 Å². The van der Waals surface area contributed by atoms with Gasteiger partial charge in [-0.15, -0.1) is 0 Å². The molecule has 1 aliphatic rings. The van der Waals surface area contributed by atoms with Gasteiger partial charge in [-0.3, -0.25) is 4.79 Å². The van der Waals surface area contributed by atoms with Crippen molar-refractivity contribution in [1.29, 1.82) is 0 Å². The van der Waals surface area contributed by atoms with E-state index in [9.17, 15) is 4.79 Å². The number of carbonyl (C=O) groups is 1. The summed E-state index contributed by atoms with van der Waals surface area (Å²) < 4.78 is 0. The lowest BCUT2D eigenvalue weighted by molar-refractivity contribution is -0.914. The molecule has 1 heterocycles. The van der Waals surface area contributed by atoms with Gasteiger partial charge in [0.2, 0.25) is 5.91 Å². The Hall–Kier alpha value is -2.04. The normalized spacial score (nSPS) is 15.3. The van der Waals surface area contributed by atoms with Crippen molar-refractivity contribution in [3.05, 3.63) is 59.1 Å². The van der Waals surface area contributed by atoms with E-state index in [1.807, 2.05) is 24.3 Å². The summed E-state index contributed by atoms with van der Waals surface area (Å²) >= 11 is 5.96. The number of piperazine rings is 1. The van der Waals surface area contributed by atoms with Crippen LogP contribution in [0.1, 0.15) is 12.5 Å². The summed E-state index contributed by atoms with van der Waals surface area (Å²) in [4.78, 5) is 15.1. The average Bonchev–Trinajstić information content (AvgIpc) is 2.58. The molecule has 1 fully saturated rings. The fraction of sp³-hybridized carbons (Fsp3) is 0.316. The molecule has 2 aromatic carbocycles. The van der Waals surface area contributed by atoms with E-state index in [-0.39, 0.29) is 5.91 Å². The minimum absolute atomic E-state index is 0.0355. The number of amides is 1. The van der Waals surface area contributed by atoms with Crippen molar-refractivity contribution in [3.63, 3.8) is 0 Å². The highest BCUT2D eigenvalue weighted by Crippen LogP contribution is 2.17. The fourth-order valence-electron chi connectivity index (χ4n) is 3.11. The first-order chi connectivity index (χ1) is 11.6. The van der Waals surface area contributed by atoms with E-state index in [1.165, 1.54) is 18.2 Å². The lowest BCUT2D eigenvalue weighted by Gasteiger charge is -2.33. The standard InChI is InChI=1S/C19H22ClN3O/c1-15(24)21-18-6-2-16(3-7-18)14-22-10-12-23(13-11-22)19-8-4-17(20)5-9-19/h2-9H,10-14H2,1H3,(H,21,24)/p+1. The zero-order valence-corrected chi connectivity index (χ0v) is 14.6. The predicted octanol–water partition coefficient (Wildman–Crippen LogP) is 2.20. The maximum absolute atomic E-state index is 11.1. The summed E-state index contributed by atoms with van der Waals surface area (Å²) in [6.45, 7) is 6.90. The van der Waals surface area contributed by atoms with Crippen molar-refractivity contribution in [2.75, 3.05) is 36.4 Å². The molecule has 5 heteroatoms. The van der Waals surface area contributed by atoms with Gasteiger partial charge < -0.3 is 15.1 Å². The monoisotopic (exact) mass is 344 g/mol. The summed E-state index contributed by atoms with van der Waals surface area (Å²) in [7, 11) is 0. The highest BCUT2D eigenvalue weighted by molar-refractivity contribution is 6.30. The number of nitrogens with zero attached hydrogens (tertiary/aromatic N) is 1. The fourth-order valence-corrected chi connectivity index (χ4v) is 3.23. The zero-order valence-electron chi connectivity index (χ0n) is 13.9. The number of hydrogen-bond donors (Lipinski definition) is 2. The van der Waals surface area contributed by atoms with E-state index in [1.54, 1.807) is 4.90 Å².